The smallest absolute Gasteiger partial charge is 0.213 e. The average Bonchev–Trinajstić information content (AvgIpc) is 2.69. The number of ether oxygens (including phenoxy) is 2. The lowest BCUT2D eigenvalue weighted by atomic mass is 10.0. The van der Waals surface area contributed by atoms with Gasteiger partial charge >= 0.3 is 0 Å². The molecule has 0 aliphatic rings. The van der Waals surface area contributed by atoms with E-state index < -0.39 is 0 Å². The first-order chi connectivity index (χ1) is 13.2. The van der Waals surface area contributed by atoms with Gasteiger partial charge in [0.2, 0.25) is 5.88 Å². The summed E-state index contributed by atoms with van der Waals surface area (Å²) in [5, 5.41) is 2.33. The van der Waals surface area contributed by atoms with Crippen molar-refractivity contribution < 1.29 is 13.9 Å². The second-order valence-electron chi connectivity index (χ2n) is 6.87. The summed E-state index contributed by atoms with van der Waals surface area (Å²) in [5.74, 6) is 0.641. The van der Waals surface area contributed by atoms with E-state index in [2.05, 4.69) is 18.8 Å². The number of rotatable bonds is 10. The molecule has 0 radical (unpaired) electrons. The van der Waals surface area contributed by atoms with E-state index in [-0.39, 0.29) is 5.82 Å². The molecule has 144 valence electrons. The topological polar surface area (TPSA) is 31.4 Å². The van der Waals surface area contributed by atoms with Crippen molar-refractivity contribution in [2.75, 3.05) is 13.2 Å². The molecule has 4 heteroatoms. The van der Waals surface area contributed by atoms with Gasteiger partial charge in [0.1, 0.15) is 0 Å². The highest BCUT2D eigenvalue weighted by molar-refractivity contribution is 6.06. The SMILES string of the molecule is CCCCCCOc1ccc2c(ccc3nc(OCCCC)ccc32)c1F. The van der Waals surface area contributed by atoms with Crippen LogP contribution in [0.3, 0.4) is 0 Å². The minimum absolute atomic E-state index is 0.298. The molecule has 0 amide bonds. The number of benzene rings is 2. The zero-order chi connectivity index (χ0) is 19.1. The maximum atomic E-state index is 14.9. The molecule has 3 rings (SSSR count). The summed E-state index contributed by atoms with van der Waals surface area (Å²) in [7, 11) is 0. The first-order valence-corrected chi connectivity index (χ1v) is 10.0. The third-order valence-corrected chi connectivity index (χ3v) is 4.74. The van der Waals surface area contributed by atoms with E-state index in [0.29, 0.717) is 30.2 Å². The fraction of sp³-hybridized carbons (Fsp3) is 0.435. The van der Waals surface area contributed by atoms with Gasteiger partial charge in [-0.05, 0) is 48.6 Å². The Bertz CT molecular complexity index is 894. The number of fused-ring (bicyclic) bond motifs is 3. The van der Waals surface area contributed by atoms with Crippen LogP contribution in [0, 0.1) is 5.82 Å². The van der Waals surface area contributed by atoms with Crippen LogP contribution in [0.25, 0.3) is 21.7 Å². The molecule has 3 nitrogen and oxygen atoms in total. The maximum Gasteiger partial charge on any atom is 0.213 e. The third kappa shape index (κ3) is 4.68. The monoisotopic (exact) mass is 369 g/mol. The van der Waals surface area contributed by atoms with Crippen LogP contribution in [0.15, 0.2) is 36.4 Å². The largest absolute Gasteiger partial charge is 0.490 e. The van der Waals surface area contributed by atoms with Gasteiger partial charge in [-0.15, -0.1) is 0 Å². The van der Waals surface area contributed by atoms with Crippen molar-refractivity contribution in [3.8, 4) is 11.6 Å². The standard InChI is InChI=1S/C23H28FNO2/c1-3-5-7-8-16-26-21-13-10-17-18-11-14-22(27-15-6-4-2)25-20(18)12-9-19(17)23(21)24/h9-14H,3-8,15-16H2,1-2H3. The van der Waals surface area contributed by atoms with Crippen LogP contribution in [0.2, 0.25) is 0 Å². The van der Waals surface area contributed by atoms with E-state index in [4.69, 9.17) is 9.47 Å². The van der Waals surface area contributed by atoms with Crippen LogP contribution in [0.5, 0.6) is 11.6 Å². The highest BCUT2D eigenvalue weighted by Crippen LogP contribution is 2.32. The minimum atomic E-state index is -0.298. The normalized spacial score (nSPS) is 11.2. The lowest BCUT2D eigenvalue weighted by molar-refractivity contribution is 0.292. The van der Waals surface area contributed by atoms with Crippen molar-refractivity contribution in [3.05, 3.63) is 42.2 Å². The Morgan fingerprint density at radius 2 is 1.48 bits per heavy atom. The Hall–Kier alpha value is -2.36. The fourth-order valence-corrected chi connectivity index (χ4v) is 3.17. The summed E-state index contributed by atoms with van der Waals surface area (Å²) in [4.78, 5) is 4.55. The Morgan fingerprint density at radius 3 is 2.30 bits per heavy atom. The predicted molar refractivity (Wildman–Crippen MR) is 109 cm³/mol. The summed E-state index contributed by atoms with van der Waals surface area (Å²) in [6.07, 6.45) is 6.52. The minimum Gasteiger partial charge on any atom is -0.490 e. The van der Waals surface area contributed by atoms with E-state index in [1.54, 1.807) is 12.1 Å². The summed E-state index contributed by atoms with van der Waals surface area (Å²) in [6.45, 7) is 5.51. The molecule has 0 saturated heterocycles. The molecular formula is C23H28FNO2. The van der Waals surface area contributed by atoms with E-state index in [0.717, 1.165) is 42.0 Å². The molecule has 0 N–H and O–H groups in total. The van der Waals surface area contributed by atoms with Crippen LogP contribution in [0.4, 0.5) is 4.39 Å². The van der Waals surface area contributed by atoms with E-state index in [1.807, 2.05) is 24.3 Å². The Morgan fingerprint density at radius 1 is 0.741 bits per heavy atom. The third-order valence-electron chi connectivity index (χ3n) is 4.74. The Kier molecular flexibility index (Phi) is 6.86. The van der Waals surface area contributed by atoms with Crippen LogP contribution in [-0.4, -0.2) is 18.2 Å². The van der Waals surface area contributed by atoms with Gasteiger partial charge < -0.3 is 9.47 Å². The van der Waals surface area contributed by atoms with Crippen LogP contribution in [-0.2, 0) is 0 Å². The number of halogens is 1. The number of hydrogen-bond acceptors (Lipinski definition) is 3. The maximum absolute atomic E-state index is 14.9. The summed E-state index contributed by atoms with van der Waals surface area (Å²) in [5.41, 5.74) is 0.809. The molecule has 0 spiro atoms. The van der Waals surface area contributed by atoms with Crippen LogP contribution < -0.4 is 9.47 Å². The molecule has 0 saturated carbocycles. The van der Waals surface area contributed by atoms with Gasteiger partial charge in [0.25, 0.3) is 0 Å². The quantitative estimate of drug-likeness (QED) is 0.295. The summed E-state index contributed by atoms with van der Waals surface area (Å²) in [6, 6.07) is 11.1. The number of nitrogens with zero attached hydrogens (tertiary/aromatic N) is 1. The zero-order valence-corrected chi connectivity index (χ0v) is 16.3. The fourth-order valence-electron chi connectivity index (χ4n) is 3.17. The molecule has 0 fully saturated rings. The molecule has 0 unspecified atom stereocenters. The van der Waals surface area contributed by atoms with Crippen molar-refractivity contribution in [2.45, 2.75) is 52.4 Å². The first kappa shape index (κ1) is 19.4. The van der Waals surface area contributed by atoms with Gasteiger partial charge in [-0.1, -0.05) is 39.5 Å². The van der Waals surface area contributed by atoms with Gasteiger partial charge in [0.15, 0.2) is 11.6 Å². The molecule has 2 aromatic carbocycles. The predicted octanol–water partition coefficient (Wildman–Crippen LogP) is 6.67. The molecule has 3 aromatic rings. The molecule has 1 aromatic heterocycles. The lowest BCUT2D eigenvalue weighted by Crippen LogP contribution is -2.00. The lowest BCUT2D eigenvalue weighted by Gasteiger charge is -2.11. The first-order valence-electron chi connectivity index (χ1n) is 10.0. The zero-order valence-electron chi connectivity index (χ0n) is 16.3. The van der Waals surface area contributed by atoms with Crippen LogP contribution in [0.1, 0.15) is 52.4 Å². The van der Waals surface area contributed by atoms with Gasteiger partial charge in [0.05, 0.1) is 18.7 Å². The molecule has 0 aliphatic heterocycles. The van der Waals surface area contributed by atoms with Crippen molar-refractivity contribution in [1.29, 1.82) is 0 Å². The average molecular weight is 369 g/mol. The van der Waals surface area contributed by atoms with Crippen LogP contribution >= 0.6 is 0 Å². The number of unbranched alkanes of at least 4 members (excludes halogenated alkanes) is 4. The molecule has 0 atom stereocenters. The van der Waals surface area contributed by atoms with E-state index in [9.17, 15) is 4.39 Å². The molecule has 1 heterocycles. The molecule has 0 bridgehead atoms. The van der Waals surface area contributed by atoms with E-state index in [1.165, 1.54) is 12.8 Å². The van der Waals surface area contributed by atoms with Gasteiger partial charge in [-0.25, -0.2) is 9.37 Å². The highest BCUT2D eigenvalue weighted by Gasteiger charge is 2.12. The molecule has 0 aliphatic carbocycles. The highest BCUT2D eigenvalue weighted by atomic mass is 19.1. The van der Waals surface area contributed by atoms with Gasteiger partial charge in [-0.2, -0.15) is 0 Å². The van der Waals surface area contributed by atoms with Crippen molar-refractivity contribution in [2.24, 2.45) is 0 Å². The second-order valence-corrected chi connectivity index (χ2v) is 6.87. The van der Waals surface area contributed by atoms with Crippen molar-refractivity contribution >= 4 is 21.7 Å². The number of hydrogen-bond donors (Lipinski definition) is 0. The molecule has 27 heavy (non-hydrogen) atoms. The summed E-state index contributed by atoms with van der Waals surface area (Å²) < 4.78 is 26.2. The number of aromatic nitrogens is 1. The van der Waals surface area contributed by atoms with Gasteiger partial charge in [-0.3, -0.25) is 0 Å². The van der Waals surface area contributed by atoms with Crippen molar-refractivity contribution in [1.82, 2.24) is 4.98 Å². The van der Waals surface area contributed by atoms with E-state index >= 15 is 0 Å². The van der Waals surface area contributed by atoms with Crippen molar-refractivity contribution in [3.63, 3.8) is 0 Å². The second kappa shape index (κ2) is 9.54. The summed E-state index contributed by atoms with van der Waals surface area (Å²) >= 11 is 0. The number of pyridine rings is 1. The Balaban J connectivity index is 1.81. The van der Waals surface area contributed by atoms with Gasteiger partial charge in [0, 0.05) is 16.8 Å². The molecular weight excluding hydrogens is 341 g/mol. The Labute approximate surface area is 160 Å².